The number of hydrogen-bond donors (Lipinski definition) is 0. The van der Waals surface area contributed by atoms with E-state index in [9.17, 15) is 13.2 Å². The molecule has 0 radical (unpaired) electrons. The van der Waals surface area contributed by atoms with Crippen molar-refractivity contribution >= 4 is 46.0 Å². The zero-order chi connectivity index (χ0) is 18.7. The fourth-order valence-electron chi connectivity index (χ4n) is 2.19. The number of benzene rings is 2. The van der Waals surface area contributed by atoms with E-state index in [1.165, 1.54) is 0 Å². The van der Waals surface area contributed by atoms with Crippen LogP contribution >= 0.6 is 34.4 Å². The Kier molecular flexibility index (Phi) is 5.71. The van der Waals surface area contributed by atoms with Gasteiger partial charge in [-0.2, -0.15) is 13.2 Å². The van der Waals surface area contributed by atoms with E-state index in [2.05, 4.69) is 32.6 Å². The number of nitrogens with zero attached hydrogens (tertiary/aromatic N) is 3. The molecule has 0 fully saturated rings. The van der Waals surface area contributed by atoms with Crippen molar-refractivity contribution in [2.45, 2.75) is 16.1 Å². The Hall–Kier alpha value is -1.81. The molecular weight excluding hydrogens is 474 g/mol. The highest BCUT2D eigenvalue weighted by Crippen LogP contribution is 2.39. The minimum atomic E-state index is -4.52. The van der Waals surface area contributed by atoms with E-state index in [1.54, 1.807) is 36.2 Å². The predicted octanol–water partition coefficient (Wildman–Crippen LogP) is 6.02. The molecule has 3 rings (SSSR count). The Morgan fingerprint density at radius 2 is 1.77 bits per heavy atom. The summed E-state index contributed by atoms with van der Waals surface area (Å²) in [4.78, 5) is 10.5. The monoisotopic (exact) mass is 487 g/mol. The van der Waals surface area contributed by atoms with Crippen LogP contribution in [0, 0.1) is 3.57 Å². The maximum Gasteiger partial charge on any atom is 0.420 e. The van der Waals surface area contributed by atoms with E-state index < -0.39 is 11.7 Å². The standard InChI is InChI=1S/C18H13F3IN3S/c1-25(13-7-5-6-12(22)10-13)17-23-11-15(18(19,20)21)16(24-17)26-14-8-3-2-4-9-14/h2-11H,1H3. The maximum atomic E-state index is 13.4. The van der Waals surface area contributed by atoms with Crippen LogP contribution in [0.4, 0.5) is 24.8 Å². The summed E-state index contributed by atoms with van der Waals surface area (Å²) in [7, 11) is 1.73. The minimum absolute atomic E-state index is 0.119. The second-order valence-corrected chi connectivity index (χ2v) is 7.65. The van der Waals surface area contributed by atoms with Crippen molar-refractivity contribution in [1.82, 2.24) is 9.97 Å². The Morgan fingerprint density at radius 3 is 2.42 bits per heavy atom. The Bertz CT molecular complexity index is 904. The maximum absolute atomic E-state index is 13.4. The molecule has 0 N–H and O–H groups in total. The van der Waals surface area contributed by atoms with Crippen LogP contribution in [0.3, 0.4) is 0 Å². The lowest BCUT2D eigenvalue weighted by molar-refractivity contribution is -0.140. The molecule has 1 heterocycles. The van der Waals surface area contributed by atoms with Gasteiger partial charge in [0.05, 0.1) is 0 Å². The van der Waals surface area contributed by atoms with Crippen LogP contribution in [-0.4, -0.2) is 17.0 Å². The van der Waals surface area contributed by atoms with E-state index >= 15 is 0 Å². The molecule has 2 aromatic carbocycles. The van der Waals surface area contributed by atoms with Crippen LogP contribution in [0.15, 0.2) is 70.7 Å². The number of alkyl halides is 3. The molecule has 0 unspecified atom stereocenters. The molecule has 0 aliphatic carbocycles. The molecule has 1 aromatic heterocycles. The van der Waals surface area contributed by atoms with Gasteiger partial charge in [-0.1, -0.05) is 36.0 Å². The highest BCUT2D eigenvalue weighted by Gasteiger charge is 2.35. The Labute approximate surface area is 166 Å². The van der Waals surface area contributed by atoms with E-state index in [4.69, 9.17) is 0 Å². The molecule has 3 aromatic rings. The first-order valence-electron chi connectivity index (χ1n) is 7.51. The Balaban J connectivity index is 2.01. The van der Waals surface area contributed by atoms with Crippen LogP contribution < -0.4 is 4.90 Å². The third kappa shape index (κ3) is 4.47. The van der Waals surface area contributed by atoms with Crippen molar-refractivity contribution in [3.8, 4) is 0 Å². The van der Waals surface area contributed by atoms with Crippen molar-refractivity contribution < 1.29 is 13.2 Å². The molecule has 0 spiro atoms. The number of hydrogen-bond acceptors (Lipinski definition) is 4. The molecule has 26 heavy (non-hydrogen) atoms. The van der Waals surface area contributed by atoms with E-state index in [-0.39, 0.29) is 11.0 Å². The molecule has 0 aliphatic heterocycles. The molecule has 134 valence electrons. The van der Waals surface area contributed by atoms with Gasteiger partial charge in [0.25, 0.3) is 0 Å². The normalized spacial score (nSPS) is 11.4. The van der Waals surface area contributed by atoms with Crippen LogP contribution in [-0.2, 0) is 6.18 Å². The fraction of sp³-hybridized carbons (Fsp3) is 0.111. The van der Waals surface area contributed by atoms with Crippen LogP contribution in [0.25, 0.3) is 0 Å². The minimum Gasteiger partial charge on any atom is -0.314 e. The summed E-state index contributed by atoms with van der Waals surface area (Å²) in [6.07, 6.45) is -3.67. The number of halogens is 4. The van der Waals surface area contributed by atoms with Gasteiger partial charge in [0, 0.05) is 27.4 Å². The summed E-state index contributed by atoms with van der Waals surface area (Å²) in [5.41, 5.74) is -0.0431. The number of anilines is 2. The van der Waals surface area contributed by atoms with Crippen molar-refractivity contribution in [1.29, 1.82) is 0 Å². The zero-order valence-corrected chi connectivity index (χ0v) is 16.5. The van der Waals surface area contributed by atoms with Gasteiger partial charge in [0.2, 0.25) is 5.95 Å². The predicted molar refractivity (Wildman–Crippen MR) is 105 cm³/mol. The molecule has 0 aliphatic rings. The SMILES string of the molecule is CN(c1cccc(I)c1)c1ncc(C(F)(F)F)c(Sc2ccccc2)n1. The summed E-state index contributed by atoms with van der Waals surface area (Å²) in [5, 5.41) is -0.119. The van der Waals surface area contributed by atoms with Crippen molar-refractivity contribution in [2.75, 3.05) is 11.9 Å². The van der Waals surface area contributed by atoms with Crippen LogP contribution in [0.5, 0.6) is 0 Å². The van der Waals surface area contributed by atoms with Crippen LogP contribution in [0.2, 0.25) is 0 Å². The van der Waals surface area contributed by atoms with Crippen molar-refractivity contribution in [2.24, 2.45) is 0 Å². The van der Waals surface area contributed by atoms with Crippen molar-refractivity contribution in [3.05, 3.63) is 69.9 Å². The summed E-state index contributed by atoms with van der Waals surface area (Å²) in [6.45, 7) is 0. The highest BCUT2D eigenvalue weighted by atomic mass is 127. The molecule has 0 amide bonds. The lowest BCUT2D eigenvalue weighted by atomic mass is 10.3. The van der Waals surface area contributed by atoms with Gasteiger partial charge in [0.1, 0.15) is 10.6 Å². The van der Waals surface area contributed by atoms with Gasteiger partial charge in [-0.05, 0) is 52.9 Å². The fourth-order valence-corrected chi connectivity index (χ4v) is 3.64. The smallest absolute Gasteiger partial charge is 0.314 e. The molecule has 0 saturated carbocycles. The van der Waals surface area contributed by atoms with Gasteiger partial charge in [-0.3, -0.25) is 0 Å². The van der Waals surface area contributed by atoms with E-state index in [0.717, 1.165) is 27.2 Å². The zero-order valence-electron chi connectivity index (χ0n) is 13.5. The molecule has 0 atom stereocenters. The third-order valence-electron chi connectivity index (χ3n) is 3.50. The van der Waals surface area contributed by atoms with E-state index in [0.29, 0.717) is 4.90 Å². The van der Waals surface area contributed by atoms with Gasteiger partial charge < -0.3 is 4.90 Å². The van der Waals surface area contributed by atoms with Crippen LogP contribution in [0.1, 0.15) is 5.56 Å². The average Bonchev–Trinajstić information content (AvgIpc) is 2.61. The topological polar surface area (TPSA) is 29.0 Å². The third-order valence-corrected chi connectivity index (χ3v) is 5.18. The van der Waals surface area contributed by atoms with Gasteiger partial charge in [-0.25, -0.2) is 9.97 Å². The molecular formula is C18H13F3IN3S. The van der Waals surface area contributed by atoms with Gasteiger partial charge in [0.15, 0.2) is 0 Å². The average molecular weight is 487 g/mol. The highest BCUT2D eigenvalue weighted by molar-refractivity contribution is 14.1. The largest absolute Gasteiger partial charge is 0.420 e. The second-order valence-electron chi connectivity index (χ2n) is 5.34. The summed E-state index contributed by atoms with van der Waals surface area (Å²) >= 11 is 3.15. The molecule has 0 saturated heterocycles. The molecule has 0 bridgehead atoms. The van der Waals surface area contributed by atoms with Crippen molar-refractivity contribution in [3.63, 3.8) is 0 Å². The van der Waals surface area contributed by atoms with Gasteiger partial charge >= 0.3 is 6.18 Å². The first kappa shape index (κ1) is 19.0. The number of aromatic nitrogens is 2. The van der Waals surface area contributed by atoms with E-state index in [1.807, 2.05) is 30.3 Å². The summed E-state index contributed by atoms with van der Waals surface area (Å²) in [5.74, 6) is 0.207. The number of rotatable bonds is 4. The quantitative estimate of drug-likeness (QED) is 0.333. The first-order valence-corrected chi connectivity index (χ1v) is 9.40. The Morgan fingerprint density at radius 1 is 1.04 bits per heavy atom. The lowest BCUT2D eigenvalue weighted by Crippen LogP contribution is -2.16. The van der Waals surface area contributed by atoms with Gasteiger partial charge in [-0.15, -0.1) is 0 Å². The summed E-state index contributed by atoms with van der Waals surface area (Å²) in [6, 6.07) is 16.4. The second kappa shape index (κ2) is 7.83. The molecule has 3 nitrogen and oxygen atoms in total. The molecule has 8 heteroatoms. The summed E-state index contributed by atoms with van der Waals surface area (Å²) < 4.78 is 41.1. The first-order chi connectivity index (χ1) is 12.3. The lowest BCUT2D eigenvalue weighted by Gasteiger charge is -2.19.